The Morgan fingerprint density at radius 2 is 2.05 bits per heavy atom. The van der Waals surface area contributed by atoms with E-state index in [1.54, 1.807) is 13.0 Å². The molecule has 0 spiro atoms. The van der Waals surface area contributed by atoms with Gasteiger partial charge in [0.1, 0.15) is 5.69 Å². The van der Waals surface area contributed by atoms with E-state index >= 15 is 0 Å². The molecule has 2 aromatic rings. The average Bonchev–Trinajstić information content (AvgIpc) is 2.98. The largest absolute Gasteiger partial charge is 0.448 e. The lowest BCUT2D eigenvalue weighted by Crippen LogP contribution is -2.35. The fraction of sp³-hybridized carbons (Fsp3) is 0.267. The topological polar surface area (TPSA) is 84.1 Å². The molecule has 2 N–H and O–H groups in total. The van der Waals surface area contributed by atoms with Crippen molar-refractivity contribution in [3.8, 4) is 11.3 Å². The van der Waals surface area contributed by atoms with Crippen LogP contribution in [0.2, 0.25) is 0 Å². The second-order valence-corrected chi connectivity index (χ2v) is 4.48. The molecule has 6 nitrogen and oxygen atoms in total. The van der Waals surface area contributed by atoms with Crippen LogP contribution in [-0.2, 0) is 9.53 Å². The fourth-order valence-electron chi connectivity index (χ4n) is 1.78. The van der Waals surface area contributed by atoms with Gasteiger partial charge in [0.15, 0.2) is 6.10 Å². The van der Waals surface area contributed by atoms with Gasteiger partial charge in [-0.05, 0) is 19.9 Å². The van der Waals surface area contributed by atoms with Gasteiger partial charge in [-0.25, -0.2) is 4.79 Å². The van der Waals surface area contributed by atoms with Crippen LogP contribution in [0.15, 0.2) is 36.4 Å². The lowest BCUT2D eigenvalue weighted by molar-refractivity contribution is -0.128. The van der Waals surface area contributed by atoms with Crippen LogP contribution in [-0.4, -0.2) is 34.7 Å². The zero-order valence-corrected chi connectivity index (χ0v) is 11.9. The number of aromatic amines is 1. The lowest BCUT2D eigenvalue weighted by atomic mass is 10.1. The summed E-state index contributed by atoms with van der Waals surface area (Å²) in [6, 6.07) is 11.1. The van der Waals surface area contributed by atoms with Crippen molar-refractivity contribution in [1.82, 2.24) is 15.5 Å². The van der Waals surface area contributed by atoms with Gasteiger partial charge in [-0.2, -0.15) is 5.10 Å². The number of likely N-dealkylation sites (N-methyl/N-ethyl adjacent to an activating group) is 1. The van der Waals surface area contributed by atoms with Crippen LogP contribution in [0.5, 0.6) is 0 Å². The number of esters is 1. The van der Waals surface area contributed by atoms with E-state index in [1.807, 2.05) is 30.3 Å². The van der Waals surface area contributed by atoms with Crippen LogP contribution in [0.25, 0.3) is 11.3 Å². The molecular formula is C15H17N3O3. The molecule has 0 aliphatic carbocycles. The molecule has 1 atom stereocenters. The first-order chi connectivity index (χ1) is 10.1. The number of nitrogens with zero attached hydrogens (tertiary/aromatic N) is 1. The Hall–Kier alpha value is -2.63. The average molecular weight is 287 g/mol. The van der Waals surface area contributed by atoms with Crippen LogP contribution < -0.4 is 5.32 Å². The van der Waals surface area contributed by atoms with E-state index in [0.717, 1.165) is 5.56 Å². The SMILES string of the molecule is CCNC(=O)[C@H](C)OC(=O)c1cc(-c2ccccc2)n[nH]1. The van der Waals surface area contributed by atoms with E-state index in [2.05, 4.69) is 15.5 Å². The smallest absolute Gasteiger partial charge is 0.357 e. The second kappa shape index (κ2) is 6.69. The van der Waals surface area contributed by atoms with E-state index in [4.69, 9.17) is 4.74 Å². The number of rotatable bonds is 5. The van der Waals surface area contributed by atoms with Crippen LogP contribution >= 0.6 is 0 Å². The molecule has 0 fully saturated rings. The molecule has 0 radical (unpaired) electrons. The summed E-state index contributed by atoms with van der Waals surface area (Å²) in [6.45, 7) is 3.81. The minimum Gasteiger partial charge on any atom is -0.448 e. The molecular weight excluding hydrogens is 270 g/mol. The highest BCUT2D eigenvalue weighted by Crippen LogP contribution is 2.17. The number of aromatic nitrogens is 2. The first kappa shape index (κ1) is 14.8. The molecule has 21 heavy (non-hydrogen) atoms. The van der Waals surface area contributed by atoms with Crippen LogP contribution in [0.3, 0.4) is 0 Å². The number of hydrogen-bond donors (Lipinski definition) is 2. The van der Waals surface area contributed by atoms with Gasteiger partial charge in [0, 0.05) is 12.1 Å². The van der Waals surface area contributed by atoms with Crippen molar-refractivity contribution in [3.05, 3.63) is 42.1 Å². The molecule has 0 aliphatic heterocycles. The highest BCUT2D eigenvalue weighted by atomic mass is 16.5. The Morgan fingerprint density at radius 1 is 1.33 bits per heavy atom. The Labute approximate surface area is 122 Å². The summed E-state index contributed by atoms with van der Waals surface area (Å²) in [5.41, 5.74) is 1.75. The van der Waals surface area contributed by atoms with E-state index in [-0.39, 0.29) is 11.6 Å². The van der Waals surface area contributed by atoms with Gasteiger partial charge < -0.3 is 10.1 Å². The zero-order chi connectivity index (χ0) is 15.2. The summed E-state index contributed by atoms with van der Waals surface area (Å²) in [4.78, 5) is 23.5. The number of benzene rings is 1. The van der Waals surface area contributed by atoms with Crippen molar-refractivity contribution < 1.29 is 14.3 Å². The maximum Gasteiger partial charge on any atom is 0.357 e. The lowest BCUT2D eigenvalue weighted by Gasteiger charge is -2.11. The molecule has 0 aliphatic rings. The Morgan fingerprint density at radius 3 is 2.71 bits per heavy atom. The van der Waals surface area contributed by atoms with Gasteiger partial charge >= 0.3 is 5.97 Å². The molecule has 1 aromatic heterocycles. The second-order valence-electron chi connectivity index (χ2n) is 4.48. The maximum atomic E-state index is 11.9. The van der Waals surface area contributed by atoms with Crippen LogP contribution in [0.1, 0.15) is 24.3 Å². The molecule has 0 saturated heterocycles. The van der Waals surface area contributed by atoms with Gasteiger partial charge in [0.25, 0.3) is 5.91 Å². The first-order valence-electron chi connectivity index (χ1n) is 6.71. The minimum absolute atomic E-state index is 0.213. The van der Waals surface area contributed by atoms with Crippen molar-refractivity contribution in [3.63, 3.8) is 0 Å². The number of H-pyrrole nitrogens is 1. The highest BCUT2D eigenvalue weighted by Gasteiger charge is 2.19. The van der Waals surface area contributed by atoms with Gasteiger partial charge in [0.05, 0.1) is 5.69 Å². The van der Waals surface area contributed by atoms with Gasteiger partial charge in [-0.3, -0.25) is 9.89 Å². The predicted molar refractivity (Wildman–Crippen MR) is 77.6 cm³/mol. The quantitative estimate of drug-likeness (QED) is 0.821. The number of amides is 1. The molecule has 6 heteroatoms. The van der Waals surface area contributed by atoms with Crippen molar-refractivity contribution in [2.75, 3.05) is 6.54 Å². The number of hydrogen-bond acceptors (Lipinski definition) is 4. The molecule has 110 valence electrons. The zero-order valence-electron chi connectivity index (χ0n) is 11.9. The van der Waals surface area contributed by atoms with E-state index in [1.165, 1.54) is 6.92 Å². The third-order valence-electron chi connectivity index (χ3n) is 2.87. The molecule has 2 rings (SSSR count). The van der Waals surface area contributed by atoms with Crippen molar-refractivity contribution in [1.29, 1.82) is 0 Å². The molecule has 0 saturated carbocycles. The predicted octanol–water partition coefficient (Wildman–Crippen LogP) is 1.76. The number of carbonyl (C=O) groups excluding carboxylic acids is 2. The first-order valence-corrected chi connectivity index (χ1v) is 6.71. The summed E-state index contributed by atoms with van der Waals surface area (Å²) in [6.07, 6.45) is -0.846. The summed E-state index contributed by atoms with van der Waals surface area (Å²) in [7, 11) is 0. The minimum atomic E-state index is -0.846. The normalized spacial score (nSPS) is 11.7. The third kappa shape index (κ3) is 3.68. The Bertz CT molecular complexity index is 622. The van der Waals surface area contributed by atoms with Crippen molar-refractivity contribution in [2.45, 2.75) is 20.0 Å². The fourth-order valence-corrected chi connectivity index (χ4v) is 1.78. The third-order valence-corrected chi connectivity index (χ3v) is 2.87. The van der Waals surface area contributed by atoms with Crippen LogP contribution in [0.4, 0.5) is 0 Å². The molecule has 0 bridgehead atoms. The Kier molecular flexibility index (Phi) is 4.71. The summed E-state index contributed by atoms with van der Waals surface area (Å²) < 4.78 is 5.08. The monoisotopic (exact) mass is 287 g/mol. The number of carbonyl (C=O) groups is 2. The van der Waals surface area contributed by atoms with Gasteiger partial charge in [-0.1, -0.05) is 30.3 Å². The van der Waals surface area contributed by atoms with Crippen molar-refractivity contribution in [2.24, 2.45) is 0 Å². The van der Waals surface area contributed by atoms with E-state index in [9.17, 15) is 9.59 Å². The standard InChI is InChI=1S/C15H17N3O3/c1-3-16-14(19)10(2)21-15(20)13-9-12(17-18-13)11-7-5-4-6-8-11/h4-10H,3H2,1-2H3,(H,16,19)(H,17,18)/t10-/m0/s1. The molecule has 1 heterocycles. The van der Waals surface area contributed by atoms with Gasteiger partial charge in [0.2, 0.25) is 0 Å². The summed E-state index contributed by atoms with van der Waals surface area (Å²) >= 11 is 0. The summed E-state index contributed by atoms with van der Waals surface area (Å²) in [5.74, 6) is -0.933. The molecule has 0 unspecified atom stereocenters. The molecule has 1 amide bonds. The molecule has 1 aromatic carbocycles. The highest BCUT2D eigenvalue weighted by molar-refractivity contribution is 5.91. The van der Waals surface area contributed by atoms with E-state index < -0.39 is 12.1 Å². The Balaban J connectivity index is 2.04. The van der Waals surface area contributed by atoms with Crippen molar-refractivity contribution >= 4 is 11.9 Å². The number of ether oxygens (including phenoxy) is 1. The van der Waals surface area contributed by atoms with Crippen LogP contribution in [0, 0.1) is 0 Å². The maximum absolute atomic E-state index is 11.9. The number of nitrogens with one attached hydrogen (secondary N) is 2. The van der Waals surface area contributed by atoms with Gasteiger partial charge in [-0.15, -0.1) is 0 Å². The summed E-state index contributed by atoms with van der Waals surface area (Å²) in [5, 5.41) is 9.28. The van der Waals surface area contributed by atoms with E-state index in [0.29, 0.717) is 12.2 Å².